The lowest BCUT2D eigenvalue weighted by atomic mass is 9.98. The summed E-state index contributed by atoms with van der Waals surface area (Å²) in [6.07, 6.45) is 1.81. The predicted molar refractivity (Wildman–Crippen MR) is 102 cm³/mol. The number of carboxylic acids is 1. The van der Waals surface area contributed by atoms with Gasteiger partial charge < -0.3 is 26.5 Å². The first-order valence-electron chi connectivity index (χ1n) is 8.86. The highest BCUT2D eigenvalue weighted by molar-refractivity contribution is 6.02. The minimum atomic E-state index is -1.37. The second kappa shape index (κ2) is 5.85. The van der Waals surface area contributed by atoms with E-state index in [0.717, 1.165) is 0 Å². The van der Waals surface area contributed by atoms with E-state index in [9.17, 15) is 14.7 Å². The highest BCUT2D eigenvalue weighted by Gasteiger charge is 2.34. The first kappa shape index (κ1) is 17.6. The molecule has 0 spiro atoms. The van der Waals surface area contributed by atoms with Gasteiger partial charge in [-0.05, 0) is 12.3 Å². The Morgan fingerprint density at radius 2 is 2.07 bits per heavy atom. The Morgan fingerprint density at radius 1 is 1.37 bits per heavy atom. The van der Waals surface area contributed by atoms with Crippen molar-refractivity contribution in [2.75, 3.05) is 42.3 Å². The predicted octanol–water partition coefficient (Wildman–Crippen LogP) is 0.328. The first-order chi connectivity index (χ1) is 12.7. The van der Waals surface area contributed by atoms with E-state index in [1.54, 1.807) is 16.7 Å². The third-order valence-corrected chi connectivity index (χ3v) is 5.74. The van der Waals surface area contributed by atoms with Crippen LogP contribution in [0, 0.1) is 11.7 Å². The molecule has 0 bridgehead atoms. The Bertz CT molecular complexity index is 1020. The van der Waals surface area contributed by atoms with E-state index in [4.69, 9.17) is 11.5 Å². The zero-order valence-corrected chi connectivity index (χ0v) is 15.2. The maximum atomic E-state index is 15.3. The molecule has 2 aromatic rings. The van der Waals surface area contributed by atoms with Crippen molar-refractivity contribution >= 4 is 28.2 Å². The number of carbonyl (C=O) groups is 1. The average Bonchev–Trinajstić information content (AvgIpc) is 2.93. The molecule has 9 heteroatoms. The van der Waals surface area contributed by atoms with Crippen molar-refractivity contribution in [1.82, 2.24) is 4.68 Å². The van der Waals surface area contributed by atoms with Gasteiger partial charge in [-0.25, -0.2) is 9.18 Å². The van der Waals surface area contributed by atoms with Gasteiger partial charge in [-0.1, -0.05) is 6.92 Å². The minimum absolute atomic E-state index is 0.0728. The summed E-state index contributed by atoms with van der Waals surface area (Å²) in [6, 6.07) is -0.0728. The summed E-state index contributed by atoms with van der Waals surface area (Å²) < 4.78 is 16.9. The van der Waals surface area contributed by atoms with Crippen LogP contribution in [0.1, 0.15) is 22.8 Å². The summed E-state index contributed by atoms with van der Waals surface area (Å²) in [5, 5.41) is 11.1. The lowest BCUT2D eigenvalue weighted by Crippen LogP contribution is -2.40. The van der Waals surface area contributed by atoms with Gasteiger partial charge in [0.15, 0.2) is 5.82 Å². The molecule has 0 radical (unpaired) electrons. The molecular formula is C18H22FN5O3. The molecule has 3 heterocycles. The number of nitrogen functional groups attached to an aromatic ring is 1. The summed E-state index contributed by atoms with van der Waals surface area (Å²) in [7, 11) is 1.78. The molecule has 2 atom stereocenters. The van der Waals surface area contributed by atoms with E-state index in [1.807, 2.05) is 11.8 Å². The number of benzene rings is 1. The van der Waals surface area contributed by atoms with Gasteiger partial charge in [0.2, 0.25) is 5.43 Å². The summed E-state index contributed by atoms with van der Waals surface area (Å²) in [5.74, 6) is -1.83. The van der Waals surface area contributed by atoms with Crippen molar-refractivity contribution in [2.24, 2.45) is 11.7 Å². The normalized spacial score (nSPS) is 21.9. The molecule has 27 heavy (non-hydrogen) atoms. The van der Waals surface area contributed by atoms with Crippen LogP contribution in [0.3, 0.4) is 0 Å². The van der Waals surface area contributed by atoms with Crippen molar-refractivity contribution in [3.63, 3.8) is 0 Å². The second-order valence-corrected chi connectivity index (χ2v) is 7.48. The van der Waals surface area contributed by atoms with Crippen LogP contribution in [0.4, 0.5) is 15.8 Å². The van der Waals surface area contributed by atoms with Gasteiger partial charge in [0, 0.05) is 44.5 Å². The van der Waals surface area contributed by atoms with Crippen molar-refractivity contribution in [3.8, 4) is 0 Å². The highest BCUT2D eigenvalue weighted by Crippen LogP contribution is 2.39. The van der Waals surface area contributed by atoms with Crippen molar-refractivity contribution in [3.05, 3.63) is 33.4 Å². The van der Waals surface area contributed by atoms with Crippen LogP contribution < -0.4 is 26.8 Å². The molecule has 0 saturated carbocycles. The SMILES string of the molecule is C[C@H]1CN(c2c(F)c(N)c3c(=O)c(C(=O)O)cn4c3c2CCN4C)C[C@H]1N. The van der Waals surface area contributed by atoms with Crippen LogP contribution in [0.2, 0.25) is 0 Å². The third kappa shape index (κ3) is 2.38. The molecule has 0 aliphatic carbocycles. The molecule has 8 nitrogen and oxygen atoms in total. The lowest BCUT2D eigenvalue weighted by Gasteiger charge is -2.34. The minimum Gasteiger partial charge on any atom is -0.477 e. The van der Waals surface area contributed by atoms with Gasteiger partial charge in [-0.2, -0.15) is 0 Å². The van der Waals surface area contributed by atoms with Gasteiger partial charge in [-0.15, -0.1) is 0 Å². The van der Waals surface area contributed by atoms with Gasteiger partial charge in [0.1, 0.15) is 5.56 Å². The fourth-order valence-electron chi connectivity index (χ4n) is 4.17. The number of aromatic carboxylic acids is 1. The Labute approximate surface area is 154 Å². The number of hydrogen-bond donors (Lipinski definition) is 3. The van der Waals surface area contributed by atoms with Gasteiger partial charge in [0.05, 0.1) is 22.3 Å². The van der Waals surface area contributed by atoms with Gasteiger partial charge in [-0.3, -0.25) is 9.47 Å². The average molecular weight is 375 g/mol. The molecule has 1 aromatic heterocycles. The maximum Gasteiger partial charge on any atom is 0.341 e. The maximum absolute atomic E-state index is 15.3. The molecule has 0 amide bonds. The van der Waals surface area contributed by atoms with E-state index < -0.39 is 22.8 Å². The summed E-state index contributed by atoms with van der Waals surface area (Å²) in [4.78, 5) is 26.1. The Morgan fingerprint density at radius 3 is 2.67 bits per heavy atom. The Kier molecular flexibility index (Phi) is 3.81. The summed E-state index contributed by atoms with van der Waals surface area (Å²) in [6.45, 7) is 3.67. The van der Waals surface area contributed by atoms with E-state index in [1.165, 1.54) is 6.20 Å². The molecule has 0 unspecified atom stereocenters. The fourth-order valence-corrected chi connectivity index (χ4v) is 4.17. The molecule has 1 aromatic carbocycles. The van der Waals surface area contributed by atoms with E-state index in [0.29, 0.717) is 42.8 Å². The zero-order chi connectivity index (χ0) is 19.6. The number of likely N-dealkylation sites (N-methyl/N-ethyl adjacent to an activating group) is 1. The number of hydrogen-bond acceptors (Lipinski definition) is 6. The number of nitrogens with two attached hydrogens (primary N) is 2. The number of halogens is 1. The molecule has 4 rings (SSSR count). The number of aromatic nitrogens is 1. The first-order valence-corrected chi connectivity index (χ1v) is 8.86. The van der Waals surface area contributed by atoms with Crippen molar-refractivity contribution < 1.29 is 14.3 Å². The van der Waals surface area contributed by atoms with E-state index in [-0.39, 0.29) is 23.0 Å². The van der Waals surface area contributed by atoms with Crippen LogP contribution >= 0.6 is 0 Å². The Hall–Kier alpha value is -2.81. The molecule has 5 N–H and O–H groups in total. The Balaban J connectivity index is 2.10. The smallest absolute Gasteiger partial charge is 0.341 e. The molecule has 1 fully saturated rings. The number of rotatable bonds is 2. The monoisotopic (exact) mass is 375 g/mol. The van der Waals surface area contributed by atoms with E-state index >= 15 is 4.39 Å². The van der Waals surface area contributed by atoms with Crippen molar-refractivity contribution in [1.29, 1.82) is 0 Å². The van der Waals surface area contributed by atoms with E-state index in [2.05, 4.69) is 0 Å². The molecular weight excluding hydrogens is 353 g/mol. The quantitative estimate of drug-likeness (QED) is 0.647. The lowest BCUT2D eigenvalue weighted by molar-refractivity contribution is 0.0695. The van der Waals surface area contributed by atoms with Gasteiger partial charge in [0.25, 0.3) is 0 Å². The second-order valence-electron chi connectivity index (χ2n) is 7.48. The standard InChI is InChI=1S/C18H22FN5O3/c1-8-5-23(7-11(8)20)16-9-3-4-22(2)24-6-10(18(26)27)17(25)12(15(9)24)14(21)13(16)19/h6,8,11H,3-5,7,20-21H2,1-2H3,(H,26,27)/t8-,11+/m0/s1. The van der Waals surface area contributed by atoms with Crippen LogP contribution in [0.25, 0.3) is 10.9 Å². The number of anilines is 2. The van der Waals surface area contributed by atoms with Crippen LogP contribution in [0.15, 0.2) is 11.0 Å². The number of nitrogens with zero attached hydrogens (tertiary/aromatic N) is 3. The zero-order valence-electron chi connectivity index (χ0n) is 15.2. The fraction of sp³-hybridized carbons (Fsp3) is 0.444. The van der Waals surface area contributed by atoms with Crippen LogP contribution in [0.5, 0.6) is 0 Å². The summed E-state index contributed by atoms with van der Waals surface area (Å²) >= 11 is 0. The summed E-state index contributed by atoms with van der Waals surface area (Å²) in [5.41, 5.74) is 12.2. The largest absolute Gasteiger partial charge is 0.477 e. The third-order valence-electron chi connectivity index (χ3n) is 5.74. The van der Waals surface area contributed by atoms with Crippen molar-refractivity contribution in [2.45, 2.75) is 19.4 Å². The molecule has 144 valence electrons. The topological polar surface area (TPSA) is 118 Å². The molecule has 2 aliphatic heterocycles. The van der Waals surface area contributed by atoms with Crippen LogP contribution in [-0.2, 0) is 6.42 Å². The molecule has 1 saturated heterocycles. The highest BCUT2D eigenvalue weighted by atomic mass is 19.1. The van der Waals surface area contributed by atoms with Crippen LogP contribution in [-0.4, -0.2) is 48.5 Å². The molecule has 2 aliphatic rings. The number of pyridine rings is 1. The number of carboxylic acid groups (broad SMARTS) is 1. The van der Waals surface area contributed by atoms with Gasteiger partial charge >= 0.3 is 5.97 Å².